The van der Waals surface area contributed by atoms with E-state index in [0.717, 1.165) is 0 Å². The van der Waals surface area contributed by atoms with Crippen molar-refractivity contribution in [1.82, 2.24) is 0 Å². The molecule has 5 nitrogen and oxygen atoms in total. The van der Waals surface area contributed by atoms with Crippen molar-refractivity contribution in [3.05, 3.63) is 29.3 Å². The largest absolute Gasteiger partial charge is 0.478 e. The summed E-state index contributed by atoms with van der Waals surface area (Å²) in [5, 5.41) is 17.6. The SMILES string of the molecule is O=C(O)c1cccc(C(=O)O)c1OC(F)(F)C(F)(F)C(F)(F)C(F)(F)C(F)(F)C(F)(F)C(F)(F)C(F)(F)F. The van der Waals surface area contributed by atoms with E-state index in [4.69, 9.17) is 10.2 Å². The molecule has 0 saturated carbocycles. The summed E-state index contributed by atoms with van der Waals surface area (Å²) in [4.78, 5) is 22.0. The van der Waals surface area contributed by atoms with Crippen molar-refractivity contribution in [3.8, 4) is 5.75 Å². The molecule has 0 spiro atoms. The summed E-state index contributed by atoms with van der Waals surface area (Å²) in [6, 6.07) is 0.528. The molecule has 0 fully saturated rings. The predicted octanol–water partition coefficient (Wildman–Crippen LogP) is 6.43. The third kappa shape index (κ3) is 4.39. The molecule has 1 aromatic carbocycles. The van der Waals surface area contributed by atoms with Crippen LogP contribution in [0.15, 0.2) is 18.2 Å². The second kappa shape index (κ2) is 8.92. The predicted molar refractivity (Wildman–Crippen MR) is 81.7 cm³/mol. The summed E-state index contributed by atoms with van der Waals surface area (Å²) in [6.07, 6.45) is -15.4. The van der Waals surface area contributed by atoms with Crippen LogP contribution < -0.4 is 4.74 Å². The summed E-state index contributed by atoms with van der Waals surface area (Å²) in [7, 11) is 0. The molecule has 38 heavy (non-hydrogen) atoms. The van der Waals surface area contributed by atoms with Crippen LogP contribution in [0.4, 0.5) is 74.6 Å². The lowest BCUT2D eigenvalue weighted by Gasteiger charge is -2.42. The van der Waals surface area contributed by atoms with Gasteiger partial charge < -0.3 is 14.9 Å². The summed E-state index contributed by atoms with van der Waals surface area (Å²) >= 11 is 0. The molecule has 0 heterocycles. The molecule has 0 aliphatic heterocycles. The minimum absolute atomic E-state index is 0.0685. The molecular weight excluding hydrogens is 595 g/mol. The van der Waals surface area contributed by atoms with Crippen LogP contribution in [0.5, 0.6) is 5.75 Å². The first-order valence-corrected chi connectivity index (χ1v) is 8.47. The molecule has 0 unspecified atom stereocenters. The third-order valence-electron chi connectivity index (χ3n) is 4.40. The summed E-state index contributed by atoms with van der Waals surface area (Å²) in [5.74, 6) is -59.4. The van der Waals surface area contributed by atoms with Crippen LogP contribution in [0.25, 0.3) is 0 Å². The number of carboxylic acids is 2. The Bertz CT molecular complexity index is 1060. The highest BCUT2D eigenvalue weighted by molar-refractivity contribution is 5.98. The first kappa shape index (κ1) is 32.8. The average Bonchev–Trinajstić information content (AvgIpc) is 2.71. The maximum atomic E-state index is 14.0. The minimum atomic E-state index is -8.88. The van der Waals surface area contributed by atoms with E-state index in [-0.39, 0.29) is 12.1 Å². The molecule has 1 rings (SSSR count). The molecule has 218 valence electrons. The summed E-state index contributed by atoms with van der Waals surface area (Å²) < 4.78 is 228. The number of benzene rings is 1. The Kier molecular flexibility index (Phi) is 7.70. The number of aromatic carboxylic acids is 2. The van der Waals surface area contributed by atoms with Crippen molar-refractivity contribution in [3.63, 3.8) is 0 Å². The Morgan fingerprint density at radius 3 is 1.11 bits per heavy atom. The standard InChI is InChI=1S/C16H5F17O5/c17-9(18,11(21,22)13(25,26)15(29,30)31)10(19,20)12(23,24)14(27,28)16(32,33)38-6-4(7(34)35)2-1-3-5(6)8(36)37/h1-3H,(H,34,35)(H,36,37). The number of hydrogen-bond donors (Lipinski definition) is 2. The van der Waals surface area contributed by atoms with Crippen molar-refractivity contribution >= 4 is 11.9 Å². The second-order valence-corrected chi connectivity index (χ2v) is 6.86. The molecule has 0 atom stereocenters. The smallest absolute Gasteiger partial charge is 0.471 e. The molecule has 0 saturated heterocycles. The highest BCUT2D eigenvalue weighted by Gasteiger charge is 2.95. The van der Waals surface area contributed by atoms with Crippen LogP contribution >= 0.6 is 0 Å². The molecule has 0 amide bonds. The fraction of sp³-hybridized carbons (Fsp3) is 0.500. The molecule has 22 heteroatoms. The number of para-hydroxylation sites is 1. The van der Waals surface area contributed by atoms with Gasteiger partial charge in [-0.2, -0.15) is 74.6 Å². The minimum Gasteiger partial charge on any atom is -0.478 e. The van der Waals surface area contributed by atoms with E-state index < -0.39 is 76.6 Å². The van der Waals surface area contributed by atoms with Gasteiger partial charge in [-0.15, -0.1) is 0 Å². The number of hydrogen-bond acceptors (Lipinski definition) is 3. The van der Waals surface area contributed by atoms with Crippen LogP contribution in [0.1, 0.15) is 20.7 Å². The molecule has 2 N–H and O–H groups in total. The molecule has 0 radical (unpaired) electrons. The van der Waals surface area contributed by atoms with E-state index in [2.05, 4.69) is 4.74 Å². The van der Waals surface area contributed by atoms with Crippen LogP contribution in [-0.4, -0.2) is 70.0 Å². The number of carbonyl (C=O) groups is 2. The van der Waals surface area contributed by atoms with Gasteiger partial charge in [0.15, 0.2) is 5.75 Å². The van der Waals surface area contributed by atoms with Gasteiger partial charge in [0.05, 0.1) is 0 Å². The number of halogens is 17. The Balaban J connectivity index is 3.80. The Morgan fingerprint density at radius 1 is 0.526 bits per heavy atom. The maximum absolute atomic E-state index is 14.0. The van der Waals surface area contributed by atoms with Gasteiger partial charge in [0.1, 0.15) is 11.1 Å². The number of ether oxygens (including phenoxy) is 1. The van der Waals surface area contributed by atoms with Gasteiger partial charge in [-0.05, 0) is 12.1 Å². The molecule has 0 aliphatic rings. The lowest BCUT2D eigenvalue weighted by molar-refractivity contribution is -0.471. The van der Waals surface area contributed by atoms with Crippen molar-refractivity contribution in [2.45, 2.75) is 47.8 Å². The van der Waals surface area contributed by atoms with Crippen LogP contribution in [0.2, 0.25) is 0 Å². The lowest BCUT2D eigenvalue weighted by Crippen LogP contribution is -2.74. The fourth-order valence-corrected chi connectivity index (χ4v) is 2.33. The van der Waals surface area contributed by atoms with Crippen LogP contribution in [0, 0.1) is 0 Å². The van der Waals surface area contributed by atoms with E-state index in [9.17, 15) is 84.2 Å². The Morgan fingerprint density at radius 2 is 0.816 bits per heavy atom. The zero-order chi connectivity index (χ0) is 30.7. The van der Waals surface area contributed by atoms with E-state index in [1.165, 1.54) is 0 Å². The van der Waals surface area contributed by atoms with Gasteiger partial charge >= 0.3 is 59.8 Å². The van der Waals surface area contributed by atoms with Crippen LogP contribution in [0.3, 0.4) is 0 Å². The second-order valence-electron chi connectivity index (χ2n) is 6.86. The summed E-state index contributed by atoms with van der Waals surface area (Å²) in [5.41, 5.74) is -3.78. The lowest BCUT2D eigenvalue weighted by atomic mass is 9.90. The zero-order valence-electron chi connectivity index (χ0n) is 16.8. The molecule has 0 aliphatic carbocycles. The van der Waals surface area contributed by atoms with E-state index in [1.54, 1.807) is 0 Å². The Hall–Kier alpha value is -3.23. The van der Waals surface area contributed by atoms with E-state index >= 15 is 0 Å². The van der Waals surface area contributed by atoms with Crippen LogP contribution in [-0.2, 0) is 0 Å². The first-order chi connectivity index (χ1) is 16.5. The van der Waals surface area contributed by atoms with Gasteiger partial charge in [0, 0.05) is 0 Å². The highest BCUT2D eigenvalue weighted by atomic mass is 19.4. The van der Waals surface area contributed by atoms with Crippen molar-refractivity contribution in [2.24, 2.45) is 0 Å². The molecule has 0 aromatic heterocycles. The van der Waals surface area contributed by atoms with Gasteiger partial charge in [-0.3, -0.25) is 0 Å². The fourth-order valence-electron chi connectivity index (χ4n) is 2.33. The van der Waals surface area contributed by atoms with Gasteiger partial charge in [-0.25, -0.2) is 9.59 Å². The monoisotopic (exact) mass is 600 g/mol. The normalized spacial score (nSPS) is 14.9. The van der Waals surface area contributed by atoms with Gasteiger partial charge in [0.2, 0.25) is 0 Å². The molecule has 1 aromatic rings. The maximum Gasteiger partial charge on any atom is 0.471 e. The van der Waals surface area contributed by atoms with Crippen molar-refractivity contribution in [1.29, 1.82) is 0 Å². The highest BCUT2D eigenvalue weighted by Crippen LogP contribution is 2.64. The van der Waals surface area contributed by atoms with Crippen molar-refractivity contribution < 1.29 is 99.2 Å². The van der Waals surface area contributed by atoms with E-state index in [0.29, 0.717) is 6.07 Å². The number of carboxylic acid groups (broad SMARTS) is 2. The third-order valence-corrected chi connectivity index (χ3v) is 4.40. The average molecular weight is 600 g/mol. The first-order valence-electron chi connectivity index (χ1n) is 8.47. The summed E-state index contributed by atoms with van der Waals surface area (Å²) in [6.45, 7) is 0. The topological polar surface area (TPSA) is 83.8 Å². The van der Waals surface area contributed by atoms with Gasteiger partial charge in [-0.1, -0.05) is 6.07 Å². The Labute approximate surface area is 195 Å². The van der Waals surface area contributed by atoms with E-state index in [1.807, 2.05) is 0 Å². The molecular formula is C16H5F17O5. The number of alkyl halides is 17. The zero-order valence-corrected chi connectivity index (χ0v) is 16.8. The van der Waals surface area contributed by atoms with Gasteiger partial charge in [0.25, 0.3) is 0 Å². The molecule has 0 bridgehead atoms. The quantitative estimate of drug-likeness (QED) is 0.303. The van der Waals surface area contributed by atoms with Crippen molar-refractivity contribution in [2.75, 3.05) is 0 Å². The number of rotatable bonds is 10.